The standard InChI is InChI=1S/C18H23NO2/c1-13-5-3-7-17(11-13)19-18(21)16-9-8-15(6-4-10-20)14(2)12-16/h8-9,12-13,17,20H,3,5,7,10-11H2,1-2H3,(H,19,21). The molecule has 1 aromatic rings. The average Bonchev–Trinajstić information content (AvgIpc) is 2.46. The van der Waals surface area contributed by atoms with Gasteiger partial charge in [0.2, 0.25) is 0 Å². The number of hydrogen-bond acceptors (Lipinski definition) is 2. The van der Waals surface area contributed by atoms with E-state index in [4.69, 9.17) is 5.11 Å². The van der Waals surface area contributed by atoms with Crippen molar-refractivity contribution in [2.75, 3.05) is 6.61 Å². The summed E-state index contributed by atoms with van der Waals surface area (Å²) in [7, 11) is 0. The van der Waals surface area contributed by atoms with Crippen LogP contribution in [0, 0.1) is 24.7 Å². The van der Waals surface area contributed by atoms with Crippen LogP contribution in [0.1, 0.15) is 54.1 Å². The molecular formula is C18H23NO2. The highest BCUT2D eigenvalue weighted by Gasteiger charge is 2.20. The van der Waals surface area contributed by atoms with Crippen molar-refractivity contribution in [2.24, 2.45) is 5.92 Å². The normalized spacial score (nSPS) is 21.3. The highest BCUT2D eigenvalue weighted by molar-refractivity contribution is 5.94. The lowest BCUT2D eigenvalue weighted by molar-refractivity contribution is 0.0921. The molecule has 2 N–H and O–H groups in total. The summed E-state index contributed by atoms with van der Waals surface area (Å²) in [5, 5.41) is 11.9. The second-order valence-electron chi connectivity index (χ2n) is 5.93. The first-order valence-electron chi connectivity index (χ1n) is 7.61. The number of aliphatic hydroxyl groups excluding tert-OH is 1. The number of rotatable bonds is 2. The van der Waals surface area contributed by atoms with Gasteiger partial charge in [-0.05, 0) is 49.4 Å². The molecule has 0 aliphatic heterocycles. The molecule has 112 valence electrons. The number of nitrogens with one attached hydrogen (secondary N) is 1. The van der Waals surface area contributed by atoms with Crippen molar-refractivity contribution in [3.05, 3.63) is 34.9 Å². The van der Waals surface area contributed by atoms with Crippen molar-refractivity contribution in [3.63, 3.8) is 0 Å². The third kappa shape index (κ3) is 4.34. The van der Waals surface area contributed by atoms with Crippen LogP contribution in [0.25, 0.3) is 0 Å². The third-order valence-electron chi connectivity index (χ3n) is 4.06. The lowest BCUT2D eigenvalue weighted by atomic mass is 9.87. The van der Waals surface area contributed by atoms with E-state index in [9.17, 15) is 4.79 Å². The summed E-state index contributed by atoms with van der Waals surface area (Å²) < 4.78 is 0. The zero-order valence-electron chi connectivity index (χ0n) is 12.8. The van der Waals surface area contributed by atoms with Crippen LogP contribution >= 0.6 is 0 Å². The maximum atomic E-state index is 12.3. The SMILES string of the molecule is Cc1cc(C(=O)NC2CCCC(C)C2)ccc1C#CCO. The number of carbonyl (C=O) groups excluding carboxylic acids is 1. The molecular weight excluding hydrogens is 262 g/mol. The van der Waals surface area contributed by atoms with Crippen LogP contribution in [-0.4, -0.2) is 23.7 Å². The minimum absolute atomic E-state index is 0.00105. The number of benzene rings is 1. The van der Waals surface area contributed by atoms with Crippen molar-refractivity contribution in [1.29, 1.82) is 0 Å². The highest BCUT2D eigenvalue weighted by Crippen LogP contribution is 2.23. The van der Waals surface area contributed by atoms with Crippen molar-refractivity contribution in [2.45, 2.75) is 45.6 Å². The molecule has 0 saturated heterocycles. The number of carbonyl (C=O) groups is 1. The van der Waals surface area contributed by atoms with Crippen molar-refractivity contribution >= 4 is 5.91 Å². The maximum Gasteiger partial charge on any atom is 0.251 e. The molecule has 0 spiro atoms. The Kier molecular flexibility index (Phi) is 5.41. The molecule has 1 saturated carbocycles. The zero-order valence-corrected chi connectivity index (χ0v) is 12.8. The topological polar surface area (TPSA) is 49.3 Å². The number of hydrogen-bond donors (Lipinski definition) is 2. The van der Waals surface area contributed by atoms with Gasteiger partial charge >= 0.3 is 0 Å². The van der Waals surface area contributed by atoms with Gasteiger partial charge in [0, 0.05) is 17.2 Å². The molecule has 0 bridgehead atoms. The molecule has 0 radical (unpaired) electrons. The van der Waals surface area contributed by atoms with Crippen LogP contribution < -0.4 is 5.32 Å². The fourth-order valence-electron chi connectivity index (χ4n) is 2.91. The minimum atomic E-state index is -0.151. The molecule has 3 nitrogen and oxygen atoms in total. The van der Waals surface area contributed by atoms with Gasteiger partial charge in [-0.3, -0.25) is 4.79 Å². The van der Waals surface area contributed by atoms with Crippen molar-refractivity contribution < 1.29 is 9.90 Å². The van der Waals surface area contributed by atoms with Gasteiger partial charge in [0.25, 0.3) is 5.91 Å². The zero-order chi connectivity index (χ0) is 15.2. The van der Waals surface area contributed by atoms with E-state index in [1.165, 1.54) is 12.8 Å². The van der Waals surface area contributed by atoms with E-state index >= 15 is 0 Å². The van der Waals surface area contributed by atoms with Crippen LogP contribution in [0.5, 0.6) is 0 Å². The second kappa shape index (κ2) is 7.28. The molecule has 2 rings (SSSR count). The van der Waals surface area contributed by atoms with Crippen LogP contribution in [-0.2, 0) is 0 Å². The summed E-state index contributed by atoms with van der Waals surface area (Å²) in [6.07, 6.45) is 4.62. The van der Waals surface area contributed by atoms with Gasteiger partial charge in [-0.2, -0.15) is 0 Å². The van der Waals surface area contributed by atoms with E-state index in [-0.39, 0.29) is 12.5 Å². The summed E-state index contributed by atoms with van der Waals surface area (Å²) in [4.78, 5) is 12.3. The number of aryl methyl sites for hydroxylation is 1. The minimum Gasteiger partial charge on any atom is -0.384 e. The Bertz CT molecular complexity index is 568. The molecule has 3 heteroatoms. The van der Waals surface area contributed by atoms with E-state index < -0.39 is 0 Å². The van der Waals surface area contributed by atoms with Crippen LogP contribution in [0.15, 0.2) is 18.2 Å². The van der Waals surface area contributed by atoms with Crippen molar-refractivity contribution in [1.82, 2.24) is 5.32 Å². The molecule has 1 aliphatic carbocycles. The molecule has 1 amide bonds. The van der Waals surface area contributed by atoms with Crippen LogP contribution in [0.4, 0.5) is 0 Å². The molecule has 1 aromatic carbocycles. The van der Waals surface area contributed by atoms with Gasteiger partial charge < -0.3 is 10.4 Å². The molecule has 2 unspecified atom stereocenters. The van der Waals surface area contributed by atoms with Gasteiger partial charge in [0.05, 0.1) is 0 Å². The quantitative estimate of drug-likeness (QED) is 0.821. The van der Waals surface area contributed by atoms with Gasteiger partial charge in [-0.1, -0.05) is 31.6 Å². The van der Waals surface area contributed by atoms with E-state index in [1.807, 2.05) is 19.1 Å². The Morgan fingerprint density at radius 2 is 2.24 bits per heavy atom. The van der Waals surface area contributed by atoms with Gasteiger partial charge in [-0.15, -0.1) is 0 Å². The monoisotopic (exact) mass is 285 g/mol. The first-order valence-corrected chi connectivity index (χ1v) is 7.61. The lowest BCUT2D eigenvalue weighted by Gasteiger charge is -2.27. The summed E-state index contributed by atoms with van der Waals surface area (Å²) in [6, 6.07) is 5.81. The Morgan fingerprint density at radius 1 is 1.43 bits per heavy atom. The summed E-state index contributed by atoms with van der Waals surface area (Å²) in [5.41, 5.74) is 2.49. The van der Waals surface area contributed by atoms with Crippen LogP contribution in [0.2, 0.25) is 0 Å². The van der Waals surface area contributed by atoms with Gasteiger partial charge in [0.15, 0.2) is 0 Å². The smallest absolute Gasteiger partial charge is 0.251 e. The highest BCUT2D eigenvalue weighted by atomic mass is 16.2. The predicted molar refractivity (Wildman–Crippen MR) is 84.0 cm³/mol. The summed E-state index contributed by atoms with van der Waals surface area (Å²) >= 11 is 0. The van der Waals surface area contributed by atoms with Crippen LogP contribution in [0.3, 0.4) is 0 Å². The van der Waals surface area contributed by atoms with E-state index in [1.54, 1.807) is 6.07 Å². The third-order valence-corrected chi connectivity index (χ3v) is 4.06. The fraction of sp³-hybridized carbons (Fsp3) is 0.500. The molecule has 2 atom stereocenters. The van der Waals surface area contributed by atoms with Gasteiger partial charge in [0.1, 0.15) is 6.61 Å². The summed E-state index contributed by atoms with van der Waals surface area (Å²) in [6.45, 7) is 4.03. The largest absolute Gasteiger partial charge is 0.384 e. The van der Waals surface area contributed by atoms with Gasteiger partial charge in [-0.25, -0.2) is 0 Å². The average molecular weight is 285 g/mol. The Labute approximate surface area is 126 Å². The molecule has 0 aromatic heterocycles. The number of amides is 1. The Balaban J connectivity index is 2.04. The first-order chi connectivity index (χ1) is 10.1. The molecule has 0 heterocycles. The fourth-order valence-corrected chi connectivity index (χ4v) is 2.91. The number of aliphatic hydroxyl groups is 1. The molecule has 1 aliphatic rings. The van der Waals surface area contributed by atoms with E-state index in [0.717, 1.165) is 24.0 Å². The lowest BCUT2D eigenvalue weighted by Crippen LogP contribution is -2.38. The first kappa shape index (κ1) is 15.6. The van der Waals surface area contributed by atoms with E-state index in [2.05, 4.69) is 24.1 Å². The predicted octanol–water partition coefficient (Wildman–Crippen LogP) is 2.65. The van der Waals surface area contributed by atoms with Crippen molar-refractivity contribution in [3.8, 4) is 11.8 Å². The molecule has 21 heavy (non-hydrogen) atoms. The second-order valence-corrected chi connectivity index (χ2v) is 5.93. The summed E-state index contributed by atoms with van der Waals surface area (Å²) in [5.74, 6) is 6.21. The molecule has 1 fully saturated rings. The maximum absolute atomic E-state index is 12.3. The Hall–Kier alpha value is -1.79. The van der Waals surface area contributed by atoms with E-state index in [0.29, 0.717) is 17.5 Å². The Morgan fingerprint density at radius 3 is 2.90 bits per heavy atom.